The van der Waals surface area contributed by atoms with Gasteiger partial charge in [0.2, 0.25) is 16.9 Å². The summed E-state index contributed by atoms with van der Waals surface area (Å²) in [6.07, 6.45) is 1.76. The maximum atomic E-state index is 12.7. The van der Waals surface area contributed by atoms with Crippen LogP contribution in [0.15, 0.2) is 6.33 Å². The topological polar surface area (TPSA) is 106 Å². The van der Waals surface area contributed by atoms with Crippen LogP contribution in [0.4, 0.5) is 5.13 Å². The van der Waals surface area contributed by atoms with Gasteiger partial charge < -0.3 is 14.2 Å². The highest BCUT2D eigenvalue weighted by molar-refractivity contribution is 7.15. The first kappa shape index (κ1) is 18.4. The summed E-state index contributed by atoms with van der Waals surface area (Å²) in [7, 11) is 3.53. The number of aromatic nitrogens is 5. The summed E-state index contributed by atoms with van der Waals surface area (Å²) in [5, 5.41) is 17.1. The van der Waals surface area contributed by atoms with Crippen LogP contribution in [0.5, 0.6) is 0 Å². The van der Waals surface area contributed by atoms with Crippen molar-refractivity contribution in [3.05, 3.63) is 17.2 Å². The number of carbonyl (C=O) groups is 2. The highest BCUT2D eigenvalue weighted by Crippen LogP contribution is 2.29. The number of anilines is 1. The number of amides is 2. The van der Waals surface area contributed by atoms with Crippen molar-refractivity contribution in [1.82, 2.24) is 29.9 Å². The van der Waals surface area contributed by atoms with Crippen LogP contribution in [-0.4, -0.2) is 61.9 Å². The number of hydrogen-bond donors (Lipinski definition) is 0. The van der Waals surface area contributed by atoms with Crippen LogP contribution in [0.3, 0.4) is 0 Å². The molecule has 140 valence electrons. The predicted molar refractivity (Wildman–Crippen MR) is 93.2 cm³/mol. The standard InChI is InChI=1S/C15H21N7O3S/c1-4-25-8-12-18-19-15(26-12)22-6-10(5-13(22)23)14(24)20(2)7-11-17-16-9-21(11)3/h9-10H,4-8H2,1-3H3. The maximum absolute atomic E-state index is 12.7. The molecule has 1 saturated heterocycles. The Balaban J connectivity index is 1.62. The fourth-order valence-corrected chi connectivity index (χ4v) is 3.51. The van der Waals surface area contributed by atoms with Crippen molar-refractivity contribution in [3.8, 4) is 0 Å². The normalized spacial score (nSPS) is 17.1. The van der Waals surface area contributed by atoms with Gasteiger partial charge in [0.25, 0.3) is 0 Å². The average molecular weight is 379 g/mol. The number of aryl methyl sites for hydroxylation is 1. The van der Waals surface area contributed by atoms with E-state index in [1.807, 2.05) is 14.0 Å². The molecule has 0 N–H and O–H groups in total. The fraction of sp³-hybridized carbons (Fsp3) is 0.600. The first-order valence-corrected chi connectivity index (χ1v) is 9.09. The zero-order valence-electron chi connectivity index (χ0n) is 15.0. The minimum atomic E-state index is -0.403. The van der Waals surface area contributed by atoms with E-state index in [4.69, 9.17) is 4.74 Å². The summed E-state index contributed by atoms with van der Waals surface area (Å²) in [4.78, 5) is 28.1. The van der Waals surface area contributed by atoms with E-state index in [-0.39, 0.29) is 18.2 Å². The van der Waals surface area contributed by atoms with Crippen LogP contribution in [-0.2, 0) is 34.5 Å². The molecule has 10 nitrogen and oxygen atoms in total. The van der Waals surface area contributed by atoms with Gasteiger partial charge in [-0.1, -0.05) is 11.3 Å². The van der Waals surface area contributed by atoms with E-state index >= 15 is 0 Å². The lowest BCUT2D eigenvalue weighted by Crippen LogP contribution is -2.35. The van der Waals surface area contributed by atoms with Crippen LogP contribution in [0.1, 0.15) is 24.2 Å². The van der Waals surface area contributed by atoms with Gasteiger partial charge in [-0.2, -0.15) is 0 Å². The molecular weight excluding hydrogens is 358 g/mol. The van der Waals surface area contributed by atoms with Crippen LogP contribution in [0.25, 0.3) is 0 Å². The fourth-order valence-electron chi connectivity index (χ4n) is 2.71. The van der Waals surface area contributed by atoms with Crippen LogP contribution in [0, 0.1) is 5.92 Å². The van der Waals surface area contributed by atoms with Gasteiger partial charge in [-0.25, -0.2) is 0 Å². The van der Waals surface area contributed by atoms with E-state index in [1.165, 1.54) is 16.2 Å². The van der Waals surface area contributed by atoms with E-state index in [9.17, 15) is 9.59 Å². The Morgan fingerprint density at radius 2 is 2.23 bits per heavy atom. The van der Waals surface area contributed by atoms with Crippen molar-refractivity contribution < 1.29 is 14.3 Å². The Labute approximate surface area is 154 Å². The molecule has 1 aliphatic rings. The Morgan fingerprint density at radius 1 is 1.42 bits per heavy atom. The summed E-state index contributed by atoms with van der Waals surface area (Å²) in [6.45, 7) is 3.52. The van der Waals surface area contributed by atoms with Gasteiger partial charge in [0, 0.05) is 33.7 Å². The van der Waals surface area contributed by atoms with E-state index in [1.54, 1.807) is 22.8 Å². The van der Waals surface area contributed by atoms with Gasteiger partial charge in [-0.05, 0) is 6.92 Å². The third-order valence-electron chi connectivity index (χ3n) is 4.15. The Bertz CT molecular complexity index is 790. The largest absolute Gasteiger partial charge is 0.374 e. The van der Waals surface area contributed by atoms with Crippen molar-refractivity contribution in [1.29, 1.82) is 0 Å². The second-order valence-corrected chi connectivity index (χ2v) is 7.11. The highest BCUT2D eigenvalue weighted by atomic mass is 32.1. The van der Waals surface area contributed by atoms with Crippen LogP contribution in [0.2, 0.25) is 0 Å². The molecular formula is C15H21N7O3S. The van der Waals surface area contributed by atoms with E-state index in [2.05, 4.69) is 20.4 Å². The first-order chi connectivity index (χ1) is 12.5. The molecule has 1 unspecified atom stereocenters. The van der Waals surface area contributed by atoms with Crippen molar-refractivity contribution in [2.75, 3.05) is 25.1 Å². The molecule has 0 saturated carbocycles. The first-order valence-electron chi connectivity index (χ1n) is 8.28. The molecule has 1 atom stereocenters. The summed E-state index contributed by atoms with van der Waals surface area (Å²) >= 11 is 1.31. The van der Waals surface area contributed by atoms with Gasteiger partial charge in [0.05, 0.1) is 12.5 Å². The third-order valence-corrected chi connectivity index (χ3v) is 5.07. The molecule has 3 heterocycles. The SMILES string of the molecule is CCOCc1nnc(N2CC(C(=O)N(C)Cc3nncn3C)CC2=O)s1. The van der Waals surface area contributed by atoms with E-state index < -0.39 is 5.92 Å². The molecule has 26 heavy (non-hydrogen) atoms. The highest BCUT2D eigenvalue weighted by Gasteiger charge is 2.38. The summed E-state index contributed by atoms with van der Waals surface area (Å²) in [5.74, 6) is 0.0733. The zero-order valence-corrected chi connectivity index (χ0v) is 15.8. The smallest absolute Gasteiger partial charge is 0.229 e. The second kappa shape index (κ2) is 7.87. The average Bonchev–Trinajstić information content (AvgIpc) is 3.33. The van der Waals surface area contributed by atoms with Gasteiger partial charge >= 0.3 is 0 Å². The summed E-state index contributed by atoms with van der Waals surface area (Å²) in [6, 6.07) is 0. The lowest BCUT2D eigenvalue weighted by molar-refractivity contribution is -0.135. The number of ether oxygens (including phenoxy) is 1. The number of carbonyl (C=O) groups excluding carboxylic acids is 2. The quantitative estimate of drug-likeness (QED) is 0.677. The van der Waals surface area contributed by atoms with Gasteiger partial charge in [-0.15, -0.1) is 20.4 Å². The molecule has 0 bridgehead atoms. The summed E-state index contributed by atoms with van der Waals surface area (Å²) < 4.78 is 7.06. The molecule has 0 aromatic carbocycles. The van der Waals surface area contributed by atoms with E-state index in [0.29, 0.717) is 42.3 Å². The lowest BCUT2D eigenvalue weighted by Gasteiger charge is -2.20. The summed E-state index contributed by atoms with van der Waals surface area (Å²) in [5.41, 5.74) is 0. The van der Waals surface area contributed by atoms with Gasteiger partial charge in [-0.3, -0.25) is 14.5 Å². The lowest BCUT2D eigenvalue weighted by atomic mass is 10.1. The van der Waals surface area contributed by atoms with Crippen LogP contribution < -0.4 is 4.90 Å². The monoisotopic (exact) mass is 379 g/mol. The van der Waals surface area contributed by atoms with Gasteiger partial charge in [0.1, 0.15) is 17.9 Å². The van der Waals surface area contributed by atoms with Crippen molar-refractivity contribution in [2.45, 2.75) is 26.5 Å². The molecule has 2 aromatic rings. The Kier molecular flexibility index (Phi) is 5.57. The molecule has 11 heteroatoms. The third kappa shape index (κ3) is 3.88. The molecule has 0 spiro atoms. The Morgan fingerprint density at radius 3 is 2.92 bits per heavy atom. The Hall–Kier alpha value is -2.40. The number of nitrogens with zero attached hydrogens (tertiary/aromatic N) is 7. The molecule has 0 aliphatic carbocycles. The molecule has 1 fully saturated rings. The maximum Gasteiger partial charge on any atom is 0.229 e. The molecule has 3 rings (SSSR count). The van der Waals surface area contributed by atoms with Crippen molar-refractivity contribution in [3.63, 3.8) is 0 Å². The number of hydrogen-bond acceptors (Lipinski definition) is 8. The van der Waals surface area contributed by atoms with Crippen molar-refractivity contribution in [2.24, 2.45) is 13.0 Å². The van der Waals surface area contributed by atoms with Crippen LogP contribution >= 0.6 is 11.3 Å². The predicted octanol–water partition coefficient (Wildman–Crippen LogP) is 0.215. The molecule has 2 amide bonds. The van der Waals surface area contributed by atoms with E-state index in [0.717, 1.165) is 0 Å². The molecule has 2 aromatic heterocycles. The van der Waals surface area contributed by atoms with Crippen molar-refractivity contribution >= 4 is 28.3 Å². The minimum absolute atomic E-state index is 0.0945. The van der Waals surface area contributed by atoms with Gasteiger partial charge in [0.15, 0.2) is 5.82 Å². The second-order valence-electron chi connectivity index (χ2n) is 6.07. The molecule has 1 aliphatic heterocycles. The number of rotatable bonds is 7. The minimum Gasteiger partial charge on any atom is -0.374 e. The molecule has 0 radical (unpaired) electrons. The zero-order chi connectivity index (χ0) is 18.7.